The van der Waals surface area contributed by atoms with Crippen molar-refractivity contribution in [1.82, 2.24) is 0 Å². The highest BCUT2D eigenvalue weighted by atomic mass is 16.5. The first-order valence-electron chi connectivity index (χ1n) is 8.85. The van der Waals surface area contributed by atoms with Crippen molar-refractivity contribution in [3.05, 3.63) is 12.2 Å². The van der Waals surface area contributed by atoms with Gasteiger partial charge in [0.15, 0.2) is 0 Å². The second kappa shape index (κ2) is 9.37. The molecule has 0 aliphatic carbocycles. The molecule has 0 aromatic rings. The second-order valence-corrected chi connectivity index (χ2v) is 8.35. The lowest BCUT2D eigenvalue weighted by Gasteiger charge is -2.35. The maximum atomic E-state index is 12.3. The maximum Gasteiger partial charge on any atom is 0.306 e. The van der Waals surface area contributed by atoms with E-state index in [0.29, 0.717) is 18.9 Å². The van der Waals surface area contributed by atoms with Crippen molar-refractivity contribution >= 4 is 5.97 Å². The number of hydrogen-bond donors (Lipinski definition) is 0. The van der Waals surface area contributed by atoms with Crippen LogP contribution in [0.25, 0.3) is 0 Å². The summed E-state index contributed by atoms with van der Waals surface area (Å²) in [6, 6.07) is 0. The Kier molecular flexibility index (Phi) is 9.04. The van der Waals surface area contributed by atoms with Crippen molar-refractivity contribution in [3.8, 4) is 0 Å². The van der Waals surface area contributed by atoms with Crippen LogP contribution >= 0.6 is 0 Å². The predicted octanol–water partition coefficient (Wildman–Crippen LogP) is 6.15. The maximum absolute atomic E-state index is 12.3. The van der Waals surface area contributed by atoms with E-state index >= 15 is 0 Å². The van der Waals surface area contributed by atoms with Crippen LogP contribution in [0.4, 0.5) is 0 Å². The molecule has 0 heterocycles. The van der Waals surface area contributed by atoms with Gasteiger partial charge in [-0.3, -0.25) is 4.79 Å². The Morgan fingerprint density at radius 1 is 1.18 bits per heavy atom. The first-order chi connectivity index (χ1) is 10.0. The quantitative estimate of drug-likeness (QED) is 0.357. The minimum absolute atomic E-state index is 0.0790. The van der Waals surface area contributed by atoms with Crippen LogP contribution in [-0.2, 0) is 9.53 Å². The van der Waals surface area contributed by atoms with Gasteiger partial charge in [0.1, 0.15) is 0 Å². The van der Waals surface area contributed by atoms with Gasteiger partial charge in [-0.25, -0.2) is 0 Å². The van der Waals surface area contributed by atoms with E-state index in [1.165, 1.54) is 12.8 Å². The summed E-state index contributed by atoms with van der Waals surface area (Å²) >= 11 is 0. The van der Waals surface area contributed by atoms with E-state index in [4.69, 9.17) is 4.74 Å². The van der Waals surface area contributed by atoms with E-state index in [1.54, 1.807) is 0 Å². The molecular weight excluding hydrogens is 272 g/mol. The Balaban J connectivity index is 4.55. The van der Waals surface area contributed by atoms with Gasteiger partial charge >= 0.3 is 5.97 Å². The number of carbonyl (C=O) groups is 1. The van der Waals surface area contributed by atoms with Crippen LogP contribution < -0.4 is 0 Å². The third-order valence-corrected chi connectivity index (χ3v) is 4.51. The molecule has 2 unspecified atom stereocenters. The van der Waals surface area contributed by atoms with E-state index in [1.807, 2.05) is 6.92 Å². The first kappa shape index (κ1) is 21.2. The third kappa shape index (κ3) is 8.60. The van der Waals surface area contributed by atoms with Crippen LogP contribution in [0.1, 0.15) is 87.0 Å². The SMILES string of the molecule is C=C(C)C(C)(CC(=O)OCC(CC)CCCC)CC(C)(C)C. The second-order valence-electron chi connectivity index (χ2n) is 8.35. The van der Waals surface area contributed by atoms with Crippen molar-refractivity contribution in [3.63, 3.8) is 0 Å². The van der Waals surface area contributed by atoms with E-state index in [2.05, 4.69) is 48.1 Å². The third-order valence-electron chi connectivity index (χ3n) is 4.51. The van der Waals surface area contributed by atoms with Crippen molar-refractivity contribution in [2.45, 2.75) is 87.0 Å². The minimum atomic E-state index is -0.180. The van der Waals surface area contributed by atoms with Crippen molar-refractivity contribution < 1.29 is 9.53 Å². The zero-order chi connectivity index (χ0) is 17.4. The van der Waals surface area contributed by atoms with Gasteiger partial charge in [0, 0.05) is 0 Å². The highest BCUT2D eigenvalue weighted by Crippen LogP contribution is 2.41. The van der Waals surface area contributed by atoms with E-state index in [9.17, 15) is 4.79 Å². The molecule has 0 amide bonds. The fourth-order valence-electron chi connectivity index (χ4n) is 3.01. The molecule has 0 N–H and O–H groups in total. The van der Waals surface area contributed by atoms with Crippen LogP contribution in [0.15, 0.2) is 12.2 Å². The molecule has 0 aromatic carbocycles. The van der Waals surface area contributed by atoms with Gasteiger partial charge in [-0.15, -0.1) is 0 Å². The molecule has 22 heavy (non-hydrogen) atoms. The van der Waals surface area contributed by atoms with Crippen LogP contribution in [0.3, 0.4) is 0 Å². The van der Waals surface area contributed by atoms with Gasteiger partial charge in [-0.05, 0) is 36.5 Å². The molecule has 0 spiro atoms. The van der Waals surface area contributed by atoms with Gasteiger partial charge < -0.3 is 4.74 Å². The minimum Gasteiger partial charge on any atom is -0.465 e. The number of allylic oxidation sites excluding steroid dienone is 1. The van der Waals surface area contributed by atoms with Crippen molar-refractivity contribution in [2.75, 3.05) is 6.61 Å². The molecule has 130 valence electrons. The van der Waals surface area contributed by atoms with Crippen LogP contribution in [0, 0.1) is 16.7 Å². The number of carbonyl (C=O) groups excluding carboxylic acids is 1. The number of hydrogen-bond acceptors (Lipinski definition) is 2. The molecule has 0 fully saturated rings. The number of rotatable bonds is 10. The van der Waals surface area contributed by atoms with Gasteiger partial charge in [-0.2, -0.15) is 0 Å². The zero-order valence-electron chi connectivity index (χ0n) is 16.1. The molecule has 0 aromatic heterocycles. The summed E-state index contributed by atoms with van der Waals surface area (Å²) in [5.41, 5.74) is 1.05. The summed E-state index contributed by atoms with van der Waals surface area (Å²) in [6.07, 6.45) is 6.02. The normalized spacial score (nSPS) is 16.0. The standard InChI is InChI=1S/C20H38O2/c1-9-11-12-17(10-2)14-22-18(21)13-20(8,16(3)4)15-19(5,6)7/h17H,3,9-15H2,1-2,4-8H3. The van der Waals surface area contributed by atoms with Crippen molar-refractivity contribution in [1.29, 1.82) is 0 Å². The lowest BCUT2D eigenvalue weighted by Crippen LogP contribution is -2.29. The summed E-state index contributed by atoms with van der Waals surface area (Å²) in [5.74, 6) is 0.423. The lowest BCUT2D eigenvalue weighted by molar-refractivity contribution is -0.147. The largest absolute Gasteiger partial charge is 0.465 e. The Hall–Kier alpha value is -0.790. The predicted molar refractivity (Wildman–Crippen MR) is 95.9 cm³/mol. The molecule has 0 bridgehead atoms. The fraction of sp³-hybridized carbons (Fsp3) is 0.850. The molecule has 0 aliphatic heterocycles. The summed E-state index contributed by atoms with van der Waals surface area (Å²) in [5, 5.41) is 0. The Labute approximate surface area is 138 Å². The monoisotopic (exact) mass is 310 g/mol. The summed E-state index contributed by atoms with van der Waals surface area (Å²) in [7, 11) is 0. The molecule has 2 heteroatoms. The zero-order valence-corrected chi connectivity index (χ0v) is 16.1. The van der Waals surface area contributed by atoms with Gasteiger partial charge in [0.25, 0.3) is 0 Å². The van der Waals surface area contributed by atoms with E-state index in [-0.39, 0.29) is 16.8 Å². The summed E-state index contributed by atoms with van der Waals surface area (Å²) < 4.78 is 5.57. The van der Waals surface area contributed by atoms with Gasteiger partial charge in [-0.1, -0.05) is 73.0 Å². The Bertz CT molecular complexity index is 351. The molecule has 0 saturated carbocycles. The van der Waals surface area contributed by atoms with Crippen molar-refractivity contribution in [2.24, 2.45) is 16.7 Å². The van der Waals surface area contributed by atoms with Gasteiger partial charge in [0.2, 0.25) is 0 Å². The summed E-state index contributed by atoms with van der Waals surface area (Å²) in [4.78, 5) is 12.3. The Morgan fingerprint density at radius 2 is 1.77 bits per heavy atom. The highest BCUT2D eigenvalue weighted by Gasteiger charge is 2.33. The highest BCUT2D eigenvalue weighted by molar-refractivity contribution is 5.70. The summed E-state index contributed by atoms with van der Waals surface area (Å²) in [6.45, 7) is 19.8. The molecule has 0 aliphatic rings. The number of unbranched alkanes of at least 4 members (excludes halogenated alkanes) is 1. The van der Waals surface area contributed by atoms with E-state index < -0.39 is 0 Å². The van der Waals surface area contributed by atoms with E-state index in [0.717, 1.165) is 24.8 Å². The average molecular weight is 311 g/mol. The Morgan fingerprint density at radius 3 is 2.18 bits per heavy atom. The topological polar surface area (TPSA) is 26.3 Å². The molecule has 0 saturated heterocycles. The molecular formula is C20H38O2. The number of esters is 1. The number of ether oxygens (including phenoxy) is 1. The van der Waals surface area contributed by atoms with Crippen LogP contribution in [0.2, 0.25) is 0 Å². The smallest absolute Gasteiger partial charge is 0.306 e. The lowest BCUT2D eigenvalue weighted by atomic mass is 9.69. The first-order valence-corrected chi connectivity index (χ1v) is 8.85. The molecule has 2 atom stereocenters. The van der Waals surface area contributed by atoms with Crippen LogP contribution in [0.5, 0.6) is 0 Å². The fourth-order valence-corrected chi connectivity index (χ4v) is 3.01. The van der Waals surface area contributed by atoms with Crippen LogP contribution in [-0.4, -0.2) is 12.6 Å². The molecule has 0 rings (SSSR count). The molecule has 2 nitrogen and oxygen atoms in total. The van der Waals surface area contributed by atoms with Gasteiger partial charge in [0.05, 0.1) is 13.0 Å². The average Bonchev–Trinajstić information content (AvgIpc) is 2.36. The molecule has 0 radical (unpaired) electrons.